The van der Waals surface area contributed by atoms with E-state index in [0.29, 0.717) is 0 Å². The molecule has 0 saturated carbocycles. The summed E-state index contributed by atoms with van der Waals surface area (Å²) in [5.74, 6) is -2.67. The number of rotatable bonds is 8. The van der Waals surface area contributed by atoms with Gasteiger partial charge in [-0.3, -0.25) is 19.2 Å². The third-order valence-corrected chi connectivity index (χ3v) is 3.33. The van der Waals surface area contributed by atoms with Gasteiger partial charge in [-0.2, -0.15) is 0 Å². The van der Waals surface area contributed by atoms with E-state index in [-0.39, 0.29) is 13.2 Å². The number of hydrogen-bond donors (Lipinski definition) is 0. The first kappa shape index (κ1) is 22.6. The average Bonchev–Trinajstić information content (AvgIpc) is 2.54. The summed E-state index contributed by atoms with van der Waals surface area (Å²) in [6.45, 7) is 7.90. The minimum atomic E-state index is -1.24. The molecule has 0 aliphatic carbocycles. The van der Waals surface area contributed by atoms with Gasteiger partial charge in [0.1, 0.15) is 12.7 Å². The Kier molecular flexibility index (Phi) is 8.89. The van der Waals surface area contributed by atoms with Crippen LogP contribution in [0.5, 0.6) is 0 Å². The topological polar surface area (TPSA) is 124 Å². The van der Waals surface area contributed by atoms with Gasteiger partial charge in [-0.25, -0.2) is 0 Å². The van der Waals surface area contributed by atoms with Gasteiger partial charge >= 0.3 is 23.9 Å². The summed E-state index contributed by atoms with van der Waals surface area (Å²) in [6, 6.07) is 0. The summed E-state index contributed by atoms with van der Waals surface area (Å²) in [4.78, 5) is 45.8. The standard InChI is InChI=1S/C17H24O10/c1-6-7-22-17-16(26-12(5)21)15(25-11(4)20)14(24-10(3)19)13(27-17)8-23-9(2)18/h6,13-17H,1,7-8H2,2-5H3/t13?,14-,15-,16?,17+/m0/s1. The summed E-state index contributed by atoms with van der Waals surface area (Å²) in [5, 5.41) is 0. The Bertz CT molecular complexity index is 572. The maximum atomic E-state index is 11.6. The molecule has 152 valence electrons. The molecule has 2 unspecified atom stereocenters. The summed E-state index contributed by atoms with van der Waals surface area (Å²) in [6.07, 6.45) is -4.41. The van der Waals surface area contributed by atoms with Crippen LogP contribution in [0.3, 0.4) is 0 Å². The van der Waals surface area contributed by atoms with Gasteiger partial charge in [0.15, 0.2) is 24.6 Å². The number of carbonyl (C=O) groups is 4. The molecular formula is C17H24O10. The molecule has 0 aromatic carbocycles. The van der Waals surface area contributed by atoms with Crippen molar-refractivity contribution in [3.05, 3.63) is 12.7 Å². The Labute approximate surface area is 156 Å². The van der Waals surface area contributed by atoms with Gasteiger partial charge in [0, 0.05) is 27.7 Å². The van der Waals surface area contributed by atoms with E-state index >= 15 is 0 Å². The van der Waals surface area contributed by atoms with Gasteiger partial charge in [-0.1, -0.05) is 6.08 Å². The third-order valence-electron chi connectivity index (χ3n) is 3.33. The van der Waals surface area contributed by atoms with E-state index in [1.165, 1.54) is 13.0 Å². The second kappa shape index (κ2) is 10.6. The lowest BCUT2D eigenvalue weighted by Crippen LogP contribution is -2.62. The molecule has 0 aromatic heterocycles. The van der Waals surface area contributed by atoms with Gasteiger partial charge in [-0.05, 0) is 0 Å². The van der Waals surface area contributed by atoms with E-state index in [1.807, 2.05) is 0 Å². The third kappa shape index (κ3) is 7.35. The first-order chi connectivity index (χ1) is 12.6. The van der Waals surface area contributed by atoms with Gasteiger partial charge in [0.25, 0.3) is 0 Å². The van der Waals surface area contributed by atoms with Crippen molar-refractivity contribution in [2.24, 2.45) is 0 Å². The van der Waals surface area contributed by atoms with Crippen LogP contribution in [0.15, 0.2) is 12.7 Å². The highest BCUT2D eigenvalue weighted by atomic mass is 16.7. The van der Waals surface area contributed by atoms with Crippen LogP contribution in [-0.2, 0) is 47.6 Å². The largest absolute Gasteiger partial charge is 0.463 e. The van der Waals surface area contributed by atoms with E-state index in [0.717, 1.165) is 20.8 Å². The first-order valence-corrected chi connectivity index (χ1v) is 8.18. The van der Waals surface area contributed by atoms with E-state index < -0.39 is 54.6 Å². The number of hydrogen-bond acceptors (Lipinski definition) is 10. The molecular weight excluding hydrogens is 364 g/mol. The predicted octanol–water partition coefficient (Wildman–Crippen LogP) is 0.272. The summed E-state index contributed by atoms with van der Waals surface area (Å²) < 4.78 is 31.7. The average molecular weight is 388 g/mol. The fraction of sp³-hybridized carbons (Fsp3) is 0.647. The molecule has 0 spiro atoms. The molecule has 10 nitrogen and oxygen atoms in total. The zero-order chi connectivity index (χ0) is 20.6. The molecule has 1 aliphatic rings. The van der Waals surface area contributed by atoms with Crippen molar-refractivity contribution >= 4 is 23.9 Å². The van der Waals surface area contributed by atoms with Crippen LogP contribution in [0.25, 0.3) is 0 Å². The molecule has 10 heteroatoms. The lowest BCUT2D eigenvalue weighted by Gasteiger charge is -2.43. The summed E-state index contributed by atoms with van der Waals surface area (Å²) in [5.41, 5.74) is 0. The molecule has 1 heterocycles. The van der Waals surface area contributed by atoms with Crippen LogP contribution in [0.4, 0.5) is 0 Å². The van der Waals surface area contributed by atoms with Crippen LogP contribution < -0.4 is 0 Å². The zero-order valence-corrected chi connectivity index (χ0v) is 15.7. The second-order valence-corrected chi connectivity index (χ2v) is 5.69. The molecule has 1 rings (SSSR count). The van der Waals surface area contributed by atoms with Crippen molar-refractivity contribution < 1.29 is 47.6 Å². The fourth-order valence-electron chi connectivity index (χ4n) is 2.49. The predicted molar refractivity (Wildman–Crippen MR) is 88.1 cm³/mol. The fourth-order valence-corrected chi connectivity index (χ4v) is 2.49. The molecule has 1 fully saturated rings. The number of esters is 4. The molecule has 1 aliphatic heterocycles. The monoisotopic (exact) mass is 388 g/mol. The summed E-state index contributed by atoms with van der Waals surface area (Å²) >= 11 is 0. The highest BCUT2D eigenvalue weighted by Crippen LogP contribution is 2.29. The quantitative estimate of drug-likeness (QED) is 0.325. The molecule has 0 radical (unpaired) electrons. The Morgan fingerprint density at radius 1 is 0.852 bits per heavy atom. The molecule has 0 N–H and O–H groups in total. The van der Waals surface area contributed by atoms with E-state index in [2.05, 4.69) is 6.58 Å². The van der Waals surface area contributed by atoms with Crippen molar-refractivity contribution in [1.29, 1.82) is 0 Å². The van der Waals surface area contributed by atoms with Crippen LogP contribution in [0, 0.1) is 0 Å². The lowest BCUT2D eigenvalue weighted by molar-refractivity contribution is -0.305. The molecule has 0 aromatic rings. The van der Waals surface area contributed by atoms with Crippen LogP contribution in [0.2, 0.25) is 0 Å². The van der Waals surface area contributed by atoms with Crippen LogP contribution >= 0.6 is 0 Å². The molecule has 0 bridgehead atoms. The van der Waals surface area contributed by atoms with Crippen LogP contribution in [-0.4, -0.2) is 67.8 Å². The highest BCUT2D eigenvalue weighted by molar-refractivity contribution is 5.68. The Morgan fingerprint density at radius 2 is 1.37 bits per heavy atom. The van der Waals surface area contributed by atoms with Crippen molar-refractivity contribution in [3.63, 3.8) is 0 Å². The van der Waals surface area contributed by atoms with Gasteiger partial charge in [0.2, 0.25) is 0 Å². The Balaban J connectivity index is 3.24. The lowest BCUT2D eigenvalue weighted by atomic mass is 9.98. The van der Waals surface area contributed by atoms with Crippen molar-refractivity contribution in [2.75, 3.05) is 13.2 Å². The maximum Gasteiger partial charge on any atom is 0.303 e. The molecule has 5 atom stereocenters. The smallest absolute Gasteiger partial charge is 0.303 e. The highest BCUT2D eigenvalue weighted by Gasteiger charge is 2.52. The van der Waals surface area contributed by atoms with Gasteiger partial charge < -0.3 is 28.4 Å². The second-order valence-electron chi connectivity index (χ2n) is 5.69. The molecule has 27 heavy (non-hydrogen) atoms. The van der Waals surface area contributed by atoms with Crippen molar-refractivity contribution in [3.8, 4) is 0 Å². The van der Waals surface area contributed by atoms with Crippen molar-refractivity contribution in [2.45, 2.75) is 58.4 Å². The normalized spacial score (nSPS) is 27.2. The SMILES string of the molecule is C=CCO[C@@H]1OC(COC(C)=O)[C@H](OC(C)=O)[C@H](OC(C)=O)C1OC(C)=O. The van der Waals surface area contributed by atoms with Gasteiger partial charge in [-0.15, -0.1) is 6.58 Å². The van der Waals surface area contributed by atoms with Gasteiger partial charge in [0.05, 0.1) is 6.61 Å². The van der Waals surface area contributed by atoms with Crippen molar-refractivity contribution in [1.82, 2.24) is 0 Å². The maximum absolute atomic E-state index is 11.6. The minimum absolute atomic E-state index is 0.0355. The van der Waals surface area contributed by atoms with E-state index in [4.69, 9.17) is 28.4 Å². The first-order valence-electron chi connectivity index (χ1n) is 8.18. The van der Waals surface area contributed by atoms with E-state index in [1.54, 1.807) is 0 Å². The molecule has 0 amide bonds. The number of ether oxygens (including phenoxy) is 6. The Morgan fingerprint density at radius 3 is 1.85 bits per heavy atom. The van der Waals surface area contributed by atoms with Crippen LogP contribution in [0.1, 0.15) is 27.7 Å². The molecule has 1 saturated heterocycles. The Hall–Kier alpha value is -2.46. The summed E-state index contributed by atoms with van der Waals surface area (Å²) in [7, 11) is 0. The number of carbonyl (C=O) groups excluding carboxylic acids is 4. The zero-order valence-electron chi connectivity index (χ0n) is 15.7. The minimum Gasteiger partial charge on any atom is -0.463 e. The van der Waals surface area contributed by atoms with E-state index in [9.17, 15) is 19.2 Å².